The van der Waals surface area contributed by atoms with Crippen molar-refractivity contribution in [2.24, 2.45) is 11.5 Å². The molecular weight excluding hydrogens is 188 g/mol. The molecule has 0 aromatic heterocycles. The van der Waals surface area contributed by atoms with Crippen molar-refractivity contribution in [3.8, 4) is 0 Å². The maximum atomic E-state index is 10.7. The van der Waals surface area contributed by atoms with E-state index in [4.69, 9.17) is 11.5 Å². The Morgan fingerprint density at radius 2 is 1.23 bits per heavy atom. The van der Waals surface area contributed by atoms with Gasteiger partial charge in [-0.3, -0.25) is 9.59 Å². The molecule has 0 aliphatic carbocycles. The highest BCUT2D eigenvalue weighted by molar-refractivity contribution is 7.59. The molecule has 2 amide bonds. The lowest BCUT2D eigenvalue weighted by atomic mass is 10.1. The molecule has 0 saturated heterocycles. The molecule has 4 nitrogen and oxygen atoms in total. The van der Waals surface area contributed by atoms with Crippen LogP contribution >= 0.6 is 13.5 Å². The highest BCUT2D eigenvalue weighted by Gasteiger charge is 2.10. The molecule has 4 N–H and O–H groups in total. The van der Waals surface area contributed by atoms with Crippen molar-refractivity contribution in [3.63, 3.8) is 0 Å². The number of primary amides is 2. The summed E-state index contributed by atoms with van der Waals surface area (Å²) >= 11 is 0. The summed E-state index contributed by atoms with van der Waals surface area (Å²) in [5.41, 5.74) is 10.3. The molecule has 0 aliphatic heterocycles. The maximum Gasteiger partial charge on any atom is 0.249 e. The zero-order valence-electron chi connectivity index (χ0n) is 6.78. The van der Waals surface area contributed by atoms with Gasteiger partial charge in [-0.05, 0) is 12.1 Å². The van der Waals surface area contributed by atoms with E-state index in [9.17, 15) is 9.59 Å². The Labute approximate surface area is 82.4 Å². The second kappa shape index (κ2) is 4.51. The van der Waals surface area contributed by atoms with Gasteiger partial charge < -0.3 is 11.5 Å². The van der Waals surface area contributed by atoms with Crippen molar-refractivity contribution in [2.75, 3.05) is 0 Å². The summed E-state index contributed by atoms with van der Waals surface area (Å²) in [6.45, 7) is 0. The summed E-state index contributed by atoms with van der Waals surface area (Å²) in [5, 5.41) is 0. The van der Waals surface area contributed by atoms with Gasteiger partial charge >= 0.3 is 0 Å². The SMILES string of the molecule is NC(=O)c1ccccc1C(N)=O.S. The van der Waals surface area contributed by atoms with E-state index in [0.717, 1.165) is 0 Å². The third-order valence-electron chi connectivity index (χ3n) is 1.46. The summed E-state index contributed by atoms with van der Waals surface area (Å²) in [6.07, 6.45) is 0. The van der Waals surface area contributed by atoms with Crippen molar-refractivity contribution in [3.05, 3.63) is 35.4 Å². The van der Waals surface area contributed by atoms with E-state index in [0.29, 0.717) is 0 Å². The van der Waals surface area contributed by atoms with Crippen LogP contribution in [0.5, 0.6) is 0 Å². The number of hydrogen-bond acceptors (Lipinski definition) is 2. The Hall–Kier alpha value is -1.49. The predicted octanol–water partition coefficient (Wildman–Crippen LogP) is -0.00280. The van der Waals surface area contributed by atoms with Gasteiger partial charge in [0.2, 0.25) is 11.8 Å². The average Bonchev–Trinajstić information content (AvgIpc) is 2.04. The molecule has 0 aliphatic rings. The fourth-order valence-electron chi connectivity index (χ4n) is 0.913. The van der Waals surface area contributed by atoms with E-state index >= 15 is 0 Å². The molecule has 0 unspecified atom stereocenters. The van der Waals surface area contributed by atoms with Crippen molar-refractivity contribution >= 4 is 25.3 Å². The third kappa shape index (κ3) is 2.48. The first-order valence-electron chi connectivity index (χ1n) is 3.31. The van der Waals surface area contributed by atoms with Crippen molar-refractivity contribution in [1.82, 2.24) is 0 Å². The first-order valence-corrected chi connectivity index (χ1v) is 3.31. The normalized spacial score (nSPS) is 8.62. The van der Waals surface area contributed by atoms with Crippen LogP contribution in [-0.2, 0) is 0 Å². The molecule has 0 bridgehead atoms. The Kier molecular flexibility index (Phi) is 4.00. The first-order chi connectivity index (χ1) is 5.63. The Balaban J connectivity index is 0.00000144. The first kappa shape index (κ1) is 11.5. The number of carbonyl (C=O) groups is 2. The highest BCUT2D eigenvalue weighted by atomic mass is 32.1. The van der Waals surface area contributed by atoms with E-state index in [1.165, 1.54) is 12.1 Å². The standard InChI is InChI=1S/C8H8N2O2.H2S/c9-7(11)5-3-1-2-4-6(5)8(10)12;/h1-4H,(H2,9,11)(H2,10,12);1H2. The summed E-state index contributed by atoms with van der Waals surface area (Å²) in [5.74, 6) is -1.30. The maximum absolute atomic E-state index is 10.7. The Morgan fingerprint density at radius 3 is 1.46 bits per heavy atom. The lowest BCUT2D eigenvalue weighted by molar-refractivity contribution is 0.0967. The van der Waals surface area contributed by atoms with Gasteiger partial charge in [-0.1, -0.05) is 12.1 Å². The molecule has 0 heterocycles. The number of benzene rings is 1. The third-order valence-corrected chi connectivity index (χ3v) is 1.46. The van der Waals surface area contributed by atoms with Gasteiger partial charge in [0, 0.05) is 0 Å². The Bertz CT molecular complexity index is 306. The smallest absolute Gasteiger partial charge is 0.249 e. The molecule has 1 rings (SSSR count). The Morgan fingerprint density at radius 1 is 0.923 bits per heavy atom. The van der Waals surface area contributed by atoms with Crippen LogP contribution < -0.4 is 11.5 Å². The van der Waals surface area contributed by atoms with Gasteiger partial charge in [-0.2, -0.15) is 13.5 Å². The van der Waals surface area contributed by atoms with Crippen LogP contribution in [0.15, 0.2) is 24.3 Å². The van der Waals surface area contributed by atoms with Crippen LogP contribution in [0.25, 0.3) is 0 Å². The van der Waals surface area contributed by atoms with Gasteiger partial charge in [-0.15, -0.1) is 0 Å². The minimum Gasteiger partial charge on any atom is -0.366 e. The topological polar surface area (TPSA) is 86.2 Å². The predicted molar refractivity (Wildman–Crippen MR) is 53.9 cm³/mol. The molecule has 1 aromatic carbocycles. The highest BCUT2D eigenvalue weighted by Crippen LogP contribution is 2.06. The zero-order valence-corrected chi connectivity index (χ0v) is 7.78. The number of rotatable bonds is 2. The van der Waals surface area contributed by atoms with E-state index in [-0.39, 0.29) is 24.6 Å². The van der Waals surface area contributed by atoms with Gasteiger partial charge in [0.25, 0.3) is 0 Å². The number of amides is 2. The summed E-state index contributed by atoms with van der Waals surface area (Å²) in [4.78, 5) is 21.5. The minimum atomic E-state index is -0.649. The van der Waals surface area contributed by atoms with Gasteiger partial charge in [0.1, 0.15) is 0 Å². The van der Waals surface area contributed by atoms with Crippen LogP contribution in [0.4, 0.5) is 0 Å². The number of carbonyl (C=O) groups excluding carboxylic acids is 2. The fourth-order valence-corrected chi connectivity index (χ4v) is 0.913. The molecular formula is C8H10N2O2S. The summed E-state index contributed by atoms with van der Waals surface area (Å²) in [7, 11) is 0. The molecule has 70 valence electrons. The minimum absolute atomic E-state index is 0. The second-order valence-electron chi connectivity index (χ2n) is 2.27. The number of hydrogen-bond donors (Lipinski definition) is 2. The molecule has 0 fully saturated rings. The lowest BCUT2D eigenvalue weighted by Crippen LogP contribution is -2.20. The second-order valence-corrected chi connectivity index (χ2v) is 2.27. The van der Waals surface area contributed by atoms with Crippen LogP contribution in [0.1, 0.15) is 20.7 Å². The monoisotopic (exact) mass is 198 g/mol. The van der Waals surface area contributed by atoms with E-state index in [2.05, 4.69) is 0 Å². The van der Waals surface area contributed by atoms with Crippen molar-refractivity contribution < 1.29 is 9.59 Å². The molecule has 0 saturated carbocycles. The zero-order chi connectivity index (χ0) is 9.14. The van der Waals surface area contributed by atoms with Gasteiger partial charge in [0.15, 0.2) is 0 Å². The summed E-state index contributed by atoms with van der Waals surface area (Å²) < 4.78 is 0. The van der Waals surface area contributed by atoms with E-state index in [1.807, 2.05) is 0 Å². The quantitative estimate of drug-likeness (QED) is 0.700. The van der Waals surface area contributed by atoms with E-state index in [1.54, 1.807) is 12.1 Å². The van der Waals surface area contributed by atoms with E-state index < -0.39 is 11.8 Å². The van der Waals surface area contributed by atoms with Crippen LogP contribution in [0.3, 0.4) is 0 Å². The van der Waals surface area contributed by atoms with Crippen molar-refractivity contribution in [2.45, 2.75) is 0 Å². The number of nitrogens with two attached hydrogens (primary N) is 2. The molecule has 1 aromatic rings. The fraction of sp³-hybridized carbons (Fsp3) is 0. The molecule has 5 heteroatoms. The van der Waals surface area contributed by atoms with Crippen LogP contribution in [0, 0.1) is 0 Å². The van der Waals surface area contributed by atoms with Gasteiger partial charge in [-0.25, -0.2) is 0 Å². The summed E-state index contributed by atoms with van der Waals surface area (Å²) in [6, 6.07) is 6.16. The van der Waals surface area contributed by atoms with Crippen LogP contribution in [-0.4, -0.2) is 11.8 Å². The van der Waals surface area contributed by atoms with Crippen LogP contribution in [0.2, 0.25) is 0 Å². The largest absolute Gasteiger partial charge is 0.366 e. The molecule has 0 radical (unpaired) electrons. The molecule has 13 heavy (non-hydrogen) atoms. The van der Waals surface area contributed by atoms with Gasteiger partial charge in [0.05, 0.1) is 11.1 Å². The average molecular weight is 198 g/mol. The lowest BCUT2D eigenvalue weighted by Gasteiger charge is -2.00. The molecule has 0 spiro atoms. The van der Waals surface area contributed by atoms with Crippen molar-refractivity contribution in [1.29, 1.82) is 0 Å². The molecule has 0 atom stereocenters.